The minimum absolute atomic E-state index is 0.0177. The van der Waals surface area contributed by atoms with Crippen molar-refractivity contribution in [3.63, 3.8) is 0 Å². The third-order valence-electron chi connectivity index (χ3n) is 4.64. The van der Waals surface area contributed by atoms with Gasteiger partial charge in [0.05, 0.1) is 6.04 Å². The van der Waals surface area contributed by atoms with Gasteiger partial charge in [-0.1, -0.05) is 18.2 Å². The zero-order valence-corrected chi connectivity index (χ0v) is 14.6. The van der Waals surface area contributed by atoms with Crippen LogP contribution in [0.3, 0.4) is 0 Å². The van der Waals surface area contributed by atoms with Crippen molar-refractivity contribution in [1.82, 2.24) is 9.88 Å². The Balaban J connectivity index is 2.02. The summed E-state index contributed by atoms with van der Waals surface area (Å²) >= 11 is 0. The number of benzene rings is 1. The quantitative estimate of drug-likeness (QED) is 0.833. The molecule has 1 aliphatic heterocycles. The molecule has 0 N–H and O–H groups in total. The largest absolute Gasteiger partial charge is 0.368 e. The fourth-order valence-electron chi connectivity index (χ4n) is 3.35. The van der Waals surface area contributed by atoms with E-state index < -0.39 is 0 Å². The molecule has 3 rings (SSSR count). The van der Waals surface area contributed by atoms with E-state index in [1.807, 2.05) is 19.1 Å². The van der Waals surface area contributed by atoms with Crippen LogP contribution in [-0.2, 0) is 9.53 Å². The van der Waals surface area contributed by atoms with Crippen LogP contribution in [0.2, 0.25) is 0 Å². The normalized spacial score (nSPS) is 18.1. The summed E-state index contributed by atoms with van der Waals surface area (Å²) in [6.07, 6.45) is 4.72. The summed E-state index contributed by atoms with van der Waals surface area (Å²) < 4.78 is 19.3. The zero-order chi connectivity index (χ0) is 17.8. The van der Waals surface area contributed by atoms with Gasteiger partial charge in [0.2, 0.25) is 0 Å². The number of pyridine rings is 1. The summed E-state index contributed by atoms with van der Waals surface area (Å²) in [6, 6.07) is 8.49. The molecule has 2 aromatic rings. The molecule has 0 spiro atoms. The minimum Gasteiger partial charge on any atom is -0.368 e. The van der Waals surface area contributed by atoms with Crippen molar-refractivity contribution in [2.75, 3.05) is 13.2 Å². The van der Waals surface area contributed by atoms with E-state index in [2.05, 4.69) is 4.98 Å². The summed E-state index contributed by atoms with van der Waals surface area (Å²) in [7, 11) is 0. The zero-order valence-electron chi connectivity index (χ0n) is 14.6. The minimum atomic E-state index is -0.388. The van der Waals surface area contributed by atoms with E-state index >= 15 is 0 Å². The number of ether oxygens (including phenoxy) is 1. The topological polar surface area (TPSA) is 42.4 Å². The molecule has 1 aromatic carbocycles. The smallest absolute Gasteiger partial charge is 0.252 e. The van der Waals surface area contributed by atoms with E-state index in [9.17, 15) is 9.18 Å². The van der Waals surface area contributed by atoms with Gasteiger partial charge in [-0.05, 0) is 55.5 Å². The van der Waals surface area contributed by atoms with E-state index in [0.29, 0.717) is 18.7 Å². The molecule has 1 aliphatic rings. The summed E-state index contributed by atoms with van der Waals surface area (Å²) in [4.78, 5) is 19.0. The van der Waals surface area contributed by atoms with Crippen LogP contribution < -0.4 is 0 Å². The predicted molar refractivity (Wildman–Crippen MR) is 93.6 cm³/mol. The fourth-order valence-corrected chi connectivity index (χ4v) is 3.35. The second kappa shape index (κ2) is 7.74. The molecular formula is C20H23FN2O2. The van der Waals surface area contributed by atoms with E-state index in [4.69, 9.17) is 4.74 Å². The lowest BCUT2D eigenvalue weighted by Crippen LogP contribution is -2.41. The molecule has 1 amide bonds. The lowest BCUT2D eigenvalue weighted by molar-refractivity contribution is -0.142. The number of rotatable bonds is 5. The summed E-state index contributed by atoms with van der Waals surface area (Å²) in [5.41, 5.74) is 2.34. The number of carbonyl (C=O) groups is 1. The van der Waals surface area contributed by atoms with Gasteiger partial charge in [0.15, 0.2) is 0 Å². The Morgan fingerprint density at radius 2 is 2.24 bits per heavy atom. The highest BCUT2D eigenvalue weighted by Gasteiger charge is 2.33. The Morgan fingerprint density at radius 3 is 2.84 bits per heavy atom. The number of nitrogens with zero attached hydrogens (tertiary/aromatic N) is 2. The van der Waals surface area contributed by atoms with Crippen LogP contribution in [0.4, 0.5) is 4.39 Å². The fraction of sp³-hybridized carbons (Fsp3) is 0.400. The lowest BCUT2D eigenvalue weighted by atomic mass is 9.96. The van der Waals surface area contributed by atoms with Crippen LogP contribution in [0.15, 0.2) is 42.7 Å². The molecule has 2 atom stereocenters. The summed E-state index contributed by atoms with van der Waals surface area (Å²) in [5.74, 6) is -0.266. The van der Waals surface area contributed by atoms with Crippen molar-refractivity contribution in [3.8, 4) is 0 Å². The number of aromatic nitrogens is 1. The summed E-state index contributed by atoms with van der Waals surface area (Å²) in [6.45, 7) is 4.85. The van der Waals surface area contributed by atoms with Gasteiger partial charge in [0.1, 0.15) is 11.9 Å². The number of hydrogen-bond donors (Lipinski definition) is 0. The molecule has 1 aromatic heterocycles. The predicted octanol–water partition coefficient (Wildman–Crippen LogP) is 3.65. The first-order chi connectivity index (χ1) is 12.1. The molecule has 132 valence electrons. The van der Waals surface area contributed by atoms with E-state index in [1.165, 1.54) is 6.07 Å². The number of carbonyl (C=O) groups excluding carboxylic acids is 1. The van der Waals surface area contributed by atoms with Gasteiger partial charge in [-0.2, -0.15) is 0 Å². The molecule has 5 heteroatoms. The van der Waals surface area contributed by atoms with Crippen molar-refractivity contribution in [2.45, 2.75) is 38.8 Å². The maximum absolute atomic E-state index is 13.7. The average Bonchev–Trinajstić information content (AvgIpc) is 3.17. The van der Waals surface area contributed by atoms with Gasteiger partial charge in [-0.15, -0.1) is 0 Å². The first kappa shape index (κ1) is 17.5. The van der Waals surface area contributed by atoms with Crippen LogP contribution in [0.25, 0.3) is 0 Å². The molecule has 0 saturated carbocycles. The van der Waals surface area contributed by atoms with Gasteiger partial charge in [0, 0.05) is 25.5 Å². The number of likely N-dealkylation sites (N-methyl/N-ethyl adjacent to an activating group) is 1. The van der Waals surface area contributed by atoms with Crippen LogP contribution in [0.1, 0.15) is 42.5 Å². The second-order valence-electron chi connectivity index (χ2n) is 6.32. The first-order valence-corrected chi connectivity index (χ1v) is 8.70. The molecule has 0 bridgehead atoms. The molecular weight excluding hydrogens is 319 g/mol. The number of amides is 1. The Bertz CT molecular complexity index is 730. The third-order valence-corrected chi connectivity index (χ3v) is 4.64. The van der Waals surface area contributed by atoms with Crippen LogP contribution >= 0.6 is 0 Å². The van der Waals surface area contributed by atoms with Crippen molar-refractivity contribution >= 4 is 5.91 Å². The van der Waals surface area contributed by atoms with Crippen molar-refractivity contribution in [3.05, 3.63) is 65.2 Å². The highest BCUT2D eigenvalue weighted by atomic mass is 19.1. The molecule has 0 unspecified atom stereocenters. The summed E-state index contributed by atoms with van der Waals surface area (Å²) in [5, 5.41) is 0. The molecule has 1 saturated heterocycles. The molecule has 0 radical (unpaired) electrons. The van der Waals surface area contributed by atoms with Crippen LogP contribution in [-0.4, -0.2) is 35.0 Å². The van der Waals surface area contributed by atoms with Crippen LogP contribution in [0, 0.1) is 12.7 Å². The standard InChI is InChI=1S/C20H23FN2O2/c1-3-23(20(24)18-7-5-11-25-18)19(16-6-4-10-22-13-16)15-8-9-17(21)14(2)12-15/h4,6,8-10,12-13,18-19H,3,5,7,11H2,1-2H3/t18-,19-/m1/s1. The monoisotopic (exact) mass is 342 g/mol. The highest BCUT2D eigenvalue weighted by molar-refractivity contribution is 5.82. The highest BCUT2D eigenvalue weighted by Crippen LogP contribution is 2.31. The molecule has 25 heavy (non-hydrogen) atoms. The van der Waals surface area contributed by atoms with E-state index in [0.717, 1.165) is 24.0 Å². The van der Waals surface area contributed by atoms with Crippen molar-refractivity contribution < 1.29 is 13.9 Å². The molecule has 0 aliphatic carbocycles. The lowest BCUT2D eigenvalue weighted by Gasteiger charge is -2.33. The Hall–Kier alpha value is -2.27. The Morgan fingerprint density at radius 1 is 1.40 bits per heavy atom. The van der Waals surface area contributed by atoms with Gasteiger partial charge in [-0.3, -0.25) is 9.78 Å². The molecule has 4 nitrogen and oxygen atoms in total. The third kappa shape index (κ3) is 3.71. The van der Waals surface area contributed by atoms with E-state index in [1.54, 1.807) is 36.4 Å². The number of halogens is 1. The molecule has 1 fully saturated rings. The second-order valence-corrected chi connectivity index (χ2v) is 6.32. The van der Waals surface area contributed by atoms with E-state index in [-0.39, 0.29) is 23.9 Å². The van der Waals surface area contributed by atoms with Crippen molar-refractivity contribution in [2.24, 2.45) is 0 Å². The van der Waals surface area contributed by atoms with Gasteiger partial charge in [-0.25, -0.2) is 4.39 Å². The van der Waals surface area contributed by atoms with Crippen LogP contribution in [0.5, 0.6) is 0 Å². The Labute approximate surface area is 147 Å². The Kier molecular flexibility index (Phi) is 5.43. The van der Waals surface area contributed by atoms with Gasteiger partial charge >= 0.3 is 0 Å². The average molecular weight is 342 g/mol. The first-order valence-electron chi connectivity index (χ1n) is 8.70. The van der Waals surface area contributed by atoms with Gasteiger partial charge < -0.3 is 9.64 Å². The van der Waals surface area contributed by atoms with Gasteiger partial charge in [0.25, 0.3) is 5.91 Å². The number of aryl methyl sites for hydroxylation is 1. The SMILES string of the molecule is CCN(C(=O)[C@H]1CCCO1)[C@@H](c1cccnc1)c1ccc(F)c(C)c1. The maximum Gasteiger partial charge on any atom is 0.252 e. The maximum atomic E-state index is 13.7. The van der Waals surface area contributed by atoms with Crippen molar-refractivity contribution in [1.29, 1.82) is 0 Å². The number of hydrogen-bond acceptors (Lipinski definition) is 3. The molecule has 2 heterocycles.